The number of amides is 9. The zero-order valence-electron chi connectivity index (χ0n) is 74.1. The number of hydrogen-bond acceptors (Lipinski definition) is 24. The Morgan fingerprint density at radius 1 is 0.434 bits per heavy atom. The molecule has 10 rings (SSSR count). The molecule has 0 saturated heterocycles. The number of nitrogens with zero attached hydrogens (tertiary/aromatic N) is 10. The quantitative estimate of drug-likeness (QED) is 0.0184. The number of imidazole rings is 3. The molecule has 10 N–H and O–H groups in total. The molecule has 10 aromatic rings. The predicted octanol–water partition coefficient (Wildman–Crippen LogP) is 6.40. The highest BCUT2D eigenvalue weighted by Gasteiger charge is 2.28. The van der Waals surface area contributed by atoms with Crippen molar-refractivity contribution >= 4 is 92.8 Å². The van der Waals surface area contributed by atoms with Crippen LogP contribution in [0, 0.1) is 19.7 Å². The first-order valence-corrected chi connectivity index (χ1v) is 41.8. The fourth-order valence-electron chi connectivity index (χ4n) is 13.3. The van der Waals surface area contributed by atoms with Gasteiger partial charge in [0.1, 0.15) is 52.3 Å². The van der Waals surface area contributed by atoms with Crippen LogP contribution in [0.1, 0.15) is 120 Å². The van der Waals surface area contributed by atoms with Crippen molar-refractivity contribution < 1.29 is 100 Å². The molecule has 0 saturated carbocycles. The average molecular weight is 1790 g/mol. The highest BCUT2D eigenvalue weighted by molar-refractivity contribution is 6.09. The molecule has 7 aromatic heterocycles. The fraction of sp³-hybridized carbons (Fsp3) is 0.420. The summed E-state index contributed by atoms with van der Waals surface area (Å²) in [7, 11) is 9.67. The molecule has 0 unspecified atom stereocenters. The SMILES string of the molecule is CCn1c(C(=O)Nc2ccc(OCCOCCOCCOCCOCCOCCOCCOCCOCCNC(=O)CCNC(=O)c3nc(NC(=O)CCNC(=O)c4cc(NC(=O)c5nc(NC(=O)CCNC(=O)c6cc(NC(=O)c7nccn7C)cn6C)cn5C)cn4C)cn3C)cc2)cc2c(-c3cc(C(C)(C)O)ccc3Oc3c(C)cc(F)cc3C)cn(C)c(=O)c21. The third kappa shape index (κ3) is 28.9. The van der Waals surface area contributed by atoms with Crippen LogP contribution < -0.4 is 62.9 Å². The van der Waals surface area contributed by atoms with E-state index < -0.39 is 52.9 Å². The second-order valence-corrected chi connectivity index (χ2v) is 30.3. The van der Waals surface area contributed by atoms with Crippen molar-refractivity contribution in [2.45, 2.75) is 66.0 Å². The van der Waals surface area contributed by atoms with Crippen LogP contribution in [0.4, 0.5) is 33.1 Å². The van der Waals surface area contributed by atoms with Gasteiger partial charge in [0.05, 0.1) is 123 Å². The minimum Gasteiger partial charge on any atom is -0.491 e. The van der Waals surface area contributed by atoms with Gasteiger partial charge in [0.25, 0.3) is 41.0 Å². The maximum atomic E-state index is 14.3. The van der Waals surface area contributed by atoms with Crippen molar-refractivity contribution in [1.29, 1.82) is 0 Å². The smallest absolute Gasteiger partial charge is 0.291 e. The summed E-state index contributed by atoms with van der Waals surface area (Å²) in [6, 6.07) is 19.6. The molecule has 0 aliphatic carbocycles. The second-order valence-electron chi connectivity index (χ2n) is 30.3. The number of aliphatic hydroxyl groups is 1. The van der Waals surface area contributed by atoms with E-state index in [9.17, 15) is 57.4 Å². The summed E-state index contributed by atoms with van der Waals surface area (Å²) in [5.74, 6) is -3.06. The van der Waals surface area contributed by atoms with Crippen LogP contribution in [0.15, 0.2) is 121 Å². The zero-order chi connectivity index (χ0) is 92.7. The molecule has 0 aliphatic rings. The summed E-state index contributed by atoms with van der Waals surface area (Å²) in [5.41, 5.74) is 3.51. The lowest BCUT2D eigenvalue weighted by molar-refractivity contribution is -0.121. The lowest BCUT2D eigenvalue weighted by Crippen LogP contribution is -2.33. The Labute approximate surface area is 743 Å². The van der Waals surface area contributed by atoms with Crippen LogP contribution in [0.5, 0.6) is 17.2 Å². The largest absolute Gasteiger partial charge is 0.491 e. The van der Waals surface area contributed by atoms with E-state index in [2.05, 4.69) is 62.8 Å². The number of hydrogen-bond donors (Lipinski definition) is 10. The number of ether oxygens (including phenoxy) is 10. The van der Waals surface area contributed by atoms with E-state index in [4.69, 9.17) is 47.4 Å². The van der Waals surface area contributed by atoms with Gasteiger partial charge in [-0.05, 0) is 118 Å². The van der Waals surface area contributed by atoms with E-state index in [0.717, 1.165) is 0 Å². The molecule has 0 fully saturated rings. The minimum absolute atomic E-state index is 0.0116. The highest BCUT2D eigenvalue weighted by Crippen LogP contribution is 2.42. The van der Waals surface area contributed by atoms with Gasteiger partial charge in [-0.3, -0.25) is 47.9 Å². The number of carbonyl (C=O) groups excluding carboxylic acids is 9. The molecule has 129 heavy (non-hydrogen) atoms. The van der Waals surface area contributed by atoms with E-state index in [0.29, 0.717) is 173 Å². The van der Waals surface area contributed by atoms with E-state index in [1.807, 2.05) is 6.92 Å². The van der Waals surface area contributed by atoms with Crippen molar-refractivity contribution in [2.75, 3.05) is 165 Å². The average Bonchev–Trinajstić information content (AvgIpc) is 1.58. The standard InChI is InChI=1S/C88H112FN19O21/c1-12-108-69(50-65-66(53-107(11)87(118)76(65)108)64-47-58(88(4,5)119)13-18-70(64)129-77-56(2)45-59(89)46-57(77)3)83(114)95-60-14-16-63(17-15-60)128-44-43-127-42-41-126-40-39-125-38-37-124-36-35-123-34-33-122-32-31-121-30-29-120-28-26-90-73(109)19-22-94-84(115)79-100-71(54-105(79)9)98-74(110)20-23-93-82(113)68-49-62(52-104(68)8)97-86(117)80-101-72(55-106(80)10)99-75(111)21-24-92-81(112)67-48-61(51-103(67)7)96-85(116)78-91-25-27-102(78)6/h13-18,25,27,45-55,119H,12,19-24,26,28-44H2,1-11H3,(H,90,109)(H,92,112)(H,93,113)(H,94,115)(H,95,114)(H,96,116)(H,97,117)(H,98,110)(H,99,111). The molecular formula is C88H112FN19O21. The van der Waals surface area contributed by atoms with Gasteiger partial charge in [0, 0.05) is 160 Å². The lowest BCUT2D eigenvalue weighted by atomic mass is 9.93. The molecule has 0 aliphatic heterocycles. The topological polar surface area (TPSA) is 465 Å². The van der Waals surface area contributed by atoms with Gasteiger partial charge in [0.15, 0.2) is 17.5 Å². The van der Waals surface area contributed by atoms with Gasteiger partial charge in [0.2, 0.25) is 29.4 Å². The van der Waals surface area contributed by atoms with Crippen molar-refractivity contribution in [3.05, 3.63) is 184 Å². The molecule has 40 nitrogen and oxygen atoms in total. The van der Waals surface area contributed by atoms with E-state index in [-0.39, 0.29) is 128 Å². The summed E-state index contributed by atoms with van der Waals surface area (Å²) >= 11 is 0. The van der Waals surface area contributed by atoms with Crippen LogP contribution in [-0.4, -0.2) is 244 Å². The van der Waals surface area contributed by atoms with Crippen LogP contribution in [0.2, 0.25) is 0 Å². The Balaban J connectivity index is 0.480. The predicted molar refractivity (Wildman–Crippen MR) is 473 cm³/mol. The summed E-state index contributed by atoms with van der Waals surface area (Å²) in [6.07, 6.45) is 10.5. The molecule has 692 valence electrons. The van der Waals surface area contributed by atoms with Crippen LogP contribution in [-0.2, 0) is 107 Å². The number of nitrogens with one attached hydrogen (secondary N) is 9. The molecule has 41 heteroatoms. The molecule has 0 atom stereocenters. The molecule has 9 amide bonds. The fourth-order valence-corrected chi connectivity index (χ4v) is 13.3. The van der Waals surface area contributed by atoms with Crippen molar-refractivity contribution in [3.63, 3.8) is 0 Å². The Morgan fingerprint density at radius 3 is 1.37 bits per heavy atom. The Bertz CT molecular complexity index is 5580. The monoisotopic (exact) mass is 1790 g/mol. The number of halogens is 1. The molecule has 0 radical (unpaired) electrons. The number of carbonyl (C=O) groups is 9. The van der Waals surface area contributed by atoms with Gasteiger partial charge < -0.3 is 132 Å². The first-order valence-electron chi connectivity index (χ1n) is 41.8. The maximum absolute atomic E-state index is 14.3. The zero-order valence-corrected chi connectivity index (χ0v) is 74.1. The molecule has 3 aromatic carbocycles. The van der Waals surface area contributed by atoms with Gasteiger partial charge in [-0.25, -0.2) is 19.3 Å². The molecular weight excluding hydrogens is 1680 g/mol. The third-order valence-corrected chi connectivity index (χ3v) is 19.8. The molecule has 7 heterocycles. The Morgan fingerprint density at radius 2 is 0.891 bits per heavy atom. The number of rotatable bonds is 53. The molecule has 0 bridgehead atoms. The number of anilines is 5. The van der Waals surface area contributed by atoms with E-state index in [1.165, 1.54) is 71.9 Å². The van der Waals surface area contributed by atoms with Crippen molar-refractivity contribution in [3.8, 4) is 28.4 Å². The van der Waals surface area contributed by atoms with Crippen LogP contribution in [0.3, 0.4) is 0 Å². The second kappa shape index (κ2) is 48.1. The number of benzene rings is 3. The number of aromatic nitrogens is 10. The van der Waals surface area contributed by atoms with Gasteiger partial charge in [-0.15, -0.1) is 0 Å². The number of aryl methyl sites for hydroxylation is 9. The number of pyridine rings is 1. The van der Waals surface area contributed by atoms with Crippen LogP contribution >= 0.6 is 0 Å². The van der Waals surface area contributed by atoms with Crippen molar-refractivity contribution in [1.82, 2.24) is 68.2 Å². The summed E-state index contributed by atoms with van der Waals surface area (Å²) < 4.78 is 81.8. The summed E-state index contributed by atoms with van der Waals surface area (Å²) in [6.45, 7) is 15.3. The summed E-state index contributed by atoms with van der Waals surface area (Å²) in [5, 5.41) is 35.9. The van der Waals surface area contributed by atoms with Gasteiger partial charge in [-0.1, -0.05) is 6.07 Å². The lowest BCUT2D eigenvalue weighted by Gasteiger charge is -2.22. The summed E-state index contributed by atoms with van der Waals surface area (Å²) in [4.78, 5) is 143. The Kier molecular flexibility index (Phi) is 36.5. The minimum atomic E-state index is -1.23. The van der Waals surface area contributed by atoms with E-state index in [1.54, 1.807) is 146 Å². The van der Waals surface area contributed by atoms with Gasteiger partial charge in [-0.2, -0.15) is 0 Å². The van der Waals surface area contributed by atoms with E-state index >= 15 is 0 Å². The van der Waals surface area contributed by atoms with Crippen LogP contribution in [0.25, 0.3) is 22.0 Å². The Hall–Kier alpha value is -13.3. The van der Waals surface area contributed by atoms with Gasteiger partial charge >= 0.3 is 0 Å². The number of fused-ring (bicyclic) bond motifs is 1. The maximum Gasteiger partial charge on any atom is 0.291 e. The van der Waals surface area contributed by atoms with Crippen molar-refractivity contribution in [2.24, 2.45) is 42.3 Å². The normalized spacial score (nSPS) is 11.4. The highest BCUT2D eigenvalue weighted by atomic mass is 19.1. The molecule has 0 spiro atoms. The third-order valence-electron chi connectivity index (χ3n) is 19.8. The first kappa shape index (κ1) is 97.9. The first-order chi connectivity index (χ1) is 61.9.